The Hall–Kier alpha value is 0.506. The molecule has 2 rings (SSSR count). The average molecular weight is 391 g/mol. The number of amides is 1. The van der Waals surface area contributed by atoms with Gasteiger partial charge >= 0.3 is 51.4 Å². The van der Waals surface area contributed by atoms with Crippen LogP contribution >= 0.6 is 46.4 Å². The van der Waals surface area contributed by atoms with Crippen LogP contribution in [0.25, 0.3) is 0 Å². The van der Waals surface area contributed by atoms with Gasteiger partial charge in [0.05, 0.1) is 15.1 Å². The minimum Gasteiger partial charge on any atom is -1.00 e. The SMILES string of the molecule is O=C(Nc1ccccc1)c1c(O)c(Cl)c(Cl)c(Cl)c1Cl.[H-].[K+]. The van der Waals surface area contributed by atoms with Crippen molar-refractivity contribution < 1.29 is 62.7 Å². The number of aromatic hydroxyl groups is 1. The Kier molecular flexibility index (Phi) is 7.81. The number of phenols is 1. The van der Waals surface area contributed by atoms with Gasteiger partial charge < -0.3 is 11.8 Å². The molecule has 0 aliphatic carbocycles. The van der Waals surface area contributed by atoms with Crippen LogP contribution in [0, 0.1) is 0 Å². The molecule has 0 bridgehead atoms. The second kappa shape index (κ2) is 8.38. The van der Waals surface area contributed by atoms with Gasteiger partial charge in [0.1, 0.15) is 16.3 Å². The number of benzene rings is 2. The van der Waals surface area contributed by atoms with Gasteiger partial charge in [-0.3, -0.25) is 4.79 Å². The van der Waals surface area contributed by atoms with Crippen LogP contribution in [0.4, 0.5) is 5.69 Å². The predicted molar refractivity (Wildman–Crippen MR) is 83.7 cm³/mol. The number of para-hydroxylation sites is 1. The first kappa shape index (κ1) is 19.6. The molecule has 0 heterocycles. The van der Waals surface area contributed by atoms with E-state index in [1.807, 2.05) is 0 Å². The van der Waals surface area contributed by atoms with Crippen molar-refractivity contribution >= 4 is 58.0 Å². The maximum absolute atomic E-state index is 12.2. The maximum atomic E-state index is 12.2. The fourth-order valence-electron chi connectivity index (χ4n) is 1.54. The van der Waals surface area contributed by atoms with Gasteiger partial charge in [-0.2, -0.15) is 0 Å². The molecule has 0 saturated carbocycles. The fraction of sp³-hybridized carbons (Fsp3) is 0. The van der Waals surface area contributed by atoms with E-state index < -0.39 is 11.7 Å². The molecular formula is C13H8Cl4KNO2. The maximum Gasteiger partial charge on any atom is 1.00 e. The number of carbonyl (C=O) groups is 1. The van der Waals surface area contributed by atoms with E-state index in [-0.39, 0.29) is 78.5 Å². The van der Waals surface area contributed by atoms with Gasteiger partial charge in [0.15, 0.2) is 0 Å². The van der Waals surface area contributed by atoms with Crippen LogP contribution in [-0.2, 0) is 0 Å². The van der Waals surface area contributed by atoms with Gasteiger partial charge in [-0.05, 0) is 12.1 Å². The molecular weight excluding hydrogens is 383 g/mol. The second-order valence-electron chi connectivity index (χ2n) is 3.80. The number of carbonyl (C=O) groups excluding carboxylic acids is 1. The molecule has 2 aromatic carbocycles. The van der Waals surface area contributed by atoms with Crippen molar-refractivity contribution in [3.8, 4) is 5.75 Å². The Morgan fingerprint density at radius 3 is 2.05 bits per heavy atom. The van der Waals surface area contributed by atoms with Crippen LogP contribution in [-0.4, -0.2) is 11.0 Å². The summed E-state index contributed by atoms with van der Waals surface area (Å²) in [6.07, 6.45) is 0. The van der Waals surface area contributed by atoms with E-state index in [2.05, 4.69) is 5.32 Å². The summed E-state index contributed by atoms with van der Waals surface area (Å²) in [4.78, 5) is 12.2. The van der Waals surface area contributed by atoms with E-state index in [1.165, 1.54) is 0 Å². The average Bonchev–Trinajstić information content (AvgIpc) is 2.44. The molecule has 0 aliphatic heterocycles. The molecule has 2 N–H and O–H groups in total. The van der Waals surface area contributed by atoms with Crippen LogP contribution in [0.3, 0.4) is 0 Å². The smallest absolute Gasteiger partial charge is 1.00 e. The first-order valence-corrected chi connectivity index (χ1v) is 6.86. The molecule has 0 atom stereocenters. The summed E-state index contributed by atoms with van der Waals surface area (Å²) in [6.45, 7) is 0. The molecule has 0 saturated heterocycles. The molecule has 0 spiro atoms. The topological polar surface area (TPSA) is 49.3 Å². The number of rotatable bonds is 2. The minimum atomic E-state index is -0.640. The van der Waals surface area contributed by atoms with E-state index in [1.54, 1.807) is 30.3 Å². The third-order valence-corrected chi connectivity index (χ3v) is 4.29. The molecule has 1 amide bonds. The van der Waals surface area contributed by atoms with Crippen molar-refractivity contribution in [1.82, 2.24) is 0 Å². The molecule has 106 valence electrons. The molecule has 8 heteroatoms. The van der Waals surface area contributed by atoms with E-state index in [0.29, 0.717) is 5.69 Å². The molecule has 0 fully saturated rings. The Bertz CT molecular complexity index is 656. The monoisotopic (exact) mass is 389 g/mol. The zero-order valence-electron chi connectivity index (χ0n) is 11.8. The van der Waals surface area contributed by atoms with Gasteiger partial charge in [0, 0.05) is 5.69 Å². The van der Waals surface area contributed by atoms with Crippen LogP contribution in [0.5, 0.6) is 5.75 Å². The van der Waals surface area contributed by atoms with Gasteiger partial charge in [0.25, 0.3) is 5.91 Å². The van der Waals surface area contributed by atoms with Crippen LogP contribution in [0.2, 0.25) is 20.1 Å². The first-order valence-electron chi connectivity index (χ1n) is 5.34. The van der Waals surface area contributed by atoms with E-state index in [4.69, 9.17) is 46.4 Å². The number of nitrogens with one attached hydrogen (secondary N) is 1. The van der Waals surface area contributed by atoms with Crippen molar-refractivity contribution in [3.05, 3.63) is 56.0 Å². The summed E-state index contributed by atoms with van der Waals surface area (Å²) in [5, 5.41) is 11.9. The summed E-state index contributed by atoms with van der Waals surface area (Å²) in [5.74, 6) is -1.15. The quantitative estimate of drug-likeness (QED) is 0.469. The van der Waals surface area contributed by atoms with Crippen molar-refractivity contribution in [2.75, 3.05) is 5.32 Å². The Balaban J connectivity index is 0.00000220. The molecule has 0 aliphatic rings. The van der Waals surface area contributed by atoms with Gasteiger partial charge in [-0.25, -0.2) is 0 Å². The third-order valence-electron chi connectivity index (χ3n) is 2.50. The standard InChI is InChI=1S/C13H7Cl4NO2.K.H/c14-8-7(12(19)11(17)10(16)9(8)15)13(20)18-6-4-2-1-3-5-6;;/h1-5,19H,(H,18,20);;/q;+1;-1. The van der Waals surface area contributed by atoms with Gasteiger partial charge in [-0.1, -0.05) is 64.6 Å². The number of hydrogen-bond donors (Lipinski definition) is 2. The largest absolute Gasteiger partial charge is 1.00 e. The summed E-state index contributed by atoms with van der Waals surface area (Å²) in [6, 6.07) is 8.66. The molecule has 2 aromatic rings. The Morgan fingerprint density at radius 1 is 0.952 bits per heavy atom. The summed E-state index contributed by atoms with van der Waals surface area (Å²) < 4.78 is 0. The first-order chi connectivity index (χ1) is 9.43. The van der Waals surface area contributed by atoms with Crippen LogP contribution < -0.4 is 56.7 Å². The Labute approximate surface area is 185 Å². The van der Waals surface area contributed by atoms with Gasteiger partial charge in [-0.15, -0.1) is 0 Å². The number of hydrogen-bond acceptors (Lipinski definition) is 2. The zero-order chi connectivity index (χ0) is 14.9. The molecule has 0 radical (unpaired) electrons. The molecule has 0 aromatic heterocycles. The van der Waals surface area contributed by atoms with Crippen LogP contribution in [0.1, 0.15) is 11.8 Å². The Morgan fingerprint density at radius 2 is 1.48 bits per heavy atom. The van der Waals surface area contributed by atoms with Crippen LogP contribution in [0.15, 0.2) is 30.3 Å². The predicted octanol–water partition coefficient (Wildman–Crippen LogP) is 2.37. The van der Waals surface area contributed by atoms with E-state index in [0.717, 1.165) is 0 Å². The number of phenolic OH excluding ortho intramolecular Hbond substituents is 1. The zero-order valence-corrected chi connectivity index (χ0v) is 16.9. The fourth-order valence-corrected chi connectivity index (χ4v) is 2.47. The van der Waals surface area contributed by atoms with Crippen molar-refractivity contribution in [2.45, 2.75) is 0 Å². The van der Waals surface area contributed by atoms with E-state index in [9.17, 15) is 9.90 Å². The summed E-state index contributed by atoms with van der Waals surface area (Å²) in [7, 11) is 0. The minimum absolute atomic E-state index is 0. The molecule has 3 nitrogen and oxygen atoms in total. The summed E-state index contributed by atoms with van der Waals surface area (Å²) in [5.41, 5.74) is 0.310. The van der Waals surface area contributed by atoms with E-state index >= 15 is 0 Å². The van der Waals surface area contributed by atoms with Crippen molar-refractivity contribution in [2.24, 2.45) is 0 Å². The second-order valence-corrected chi connectivity index (χ2v) is 5.31. The number of halogens is 4. The van der Waals surface area contributed by atoms with Crippen molar-refractivity contribution in [1.29, 1.82) is 0 Å². The normalized spacial score (nSPS) is 9.90. The number of anilines is 1. The molecule has 21 heavy (non-hydrogen) atoms. The van der Waals surface area contributed by atoms with Crippen molar-refractivity contribution in [3.63, 3.8) is 0 Å². The van der Waals surface area contributed by atoms with Gasteiger partial charge in [0.2, 0.25) is 0 Å². The third kappa shape index (κ3) is 4.28. The molecule has 0 unspecified atom stereocenters. The summed E-state index contributed by atoms with van der Waals surface area (Å²) >= 11 is 23.4.